The van der Waals surface area contributed by atoms with E-state index in [0.717, 1.165) is 31.6 Å². The summed E-state index contributed by atoms with van der Waals surface area (Å²) in [6.07, 6.45) is 0.222. The van der Waals surface area contributed by atoms with E-state index >= 15 is 0 Å². The molecule has 1 aromatic heterocycles. The number of amides is 1. The second-order valence-electron chi connectivity index (χ2n) is 5.85. The van der Waals surface area contributed by atoms with Crippen molar-refractivity contribution in [3.63, 3.8) is 0 Å². The maximum Gasteiger partial charge on any atom is 0.413 e. The summed E-state index contributed by atoms with van der Waals surface area (Å²) >= 11 is 6.19. The third kappa shape index (κ3) is 5.12. The molecule has 26 heavy (non-hydrogen) atoms. The van der Waals surface area contributed by atoms with E-state index < -0.39 is 6.09 Å². The van der Waals surface area contributed by atoms with Crippen LogP contribution in [0.4, 0.5) is 4.79 Å². The van der Waals surface area contributed by atoms with Gasteiger partial charge in [0.15, 0.2) is 0 Å². The zero-order valence-electron chi connectivity index (χ0n) is 15.3. The highest BCUT2D eigenvalue weighted by Crippen LogP contribution is 2.29. The van der Waals surface area contributed by atoms with Gasteiger partial charge in [0.25, 0.3) is 0 Å². The predicted molar refractivity (Wildman–Crippen MR) is 101 cm³/mol. The highest BCUT2D eigenvalue weighted by atomic mass is 35.5. The molecule has 0 atom stereocenters. The van der Waals surface area contributed by atoms with E-state index in [1.54, 1.807) is 6.07 Å². The second kappa shape index (κ2) is 9.45. The second-order valence-corrected chi connectivity index (χ2v) is 6.26. The zero-order chi connectivity index (χ0) is 19.1. The summed E-state index contributed by atoms with van der Waals surface area (Å²) in [5.74, 6) is -0.159. The summed E-state index contributed by atoms with van der Waals surface area (Å²) in [6, 6.07) is 6.64. The van der Waals surface area contributed by atoms with Crippen molar-refractivity contribution in [2.24, 2.45) is 0 Å². The van der Waals surface area contributed by atoms with E-state index in [-0.39, 0.29) is 11.8 Å². The number of hydrogen-bond acceptors (Lipinski definition) is 5. The summed E-state index contributed by atoms with van der Waals surface area (Å²) in [7, 11) is 0. The van der Waals surface area contributed by atoms with Crippen LogP contribution in [0.3, 0.4) is 0 Å². The lowest BCUT2D eigenvalue weighted by atomic mass is 10.2. The Balaban J connectivity index is 1.94. The van der Waals surface area contributed by atoms with Gasteiger partial charge in [-0.1, -0.05) is 37.6 Å². The zero-order valence-corrected chi connectivity index (χ0v) is 16.1. The maximum atomic E-state index is 11.9. The molecule has 2 N–H and O–H groups in total. The van der Waals surface area contributed by atoms with Crippen LogP contribution in [0, 0.1) is 6.92 Å². The third-order valence-electron chi connectivity index (χ3n) is 4.08. The quantitative estimate of drug-likeness (QED) is 0.686. The summed E-state index contributed by atoms with van der Waals surface area (Å²) in [5, 5.41) is 17.3. The number of aromatic hydroxyl groups is 1. The van der Waals surface area contributed by atoms with E-state index in [1.807, 2.05) is 19.1 Å². The Kier molecular flexibility index (Phi) is 7.29. The molecule has 0 aliphatic carbocycles. The molecule has 1 aromatic carbocycles. The number of halogens is 1. The Morgan fingerprint density at radius 2 is 2.12 bits per heavy atom. The normalized spacial score (nSPS) is 11.0. The molecule has 1 amide bonds. The highest BCUT2D eigenvalue weighted by molar-refractivity contribution is 6.32. The summed E-state index contributed by atoms with van der Waals surface area (Å²) < 4.78 is 6.39. The van der Waals surface area contributed by atoms with Gasteiger partial charge in [-0.05, 0) is 44.6 Å². The van der Waals surface area contributed by atoms with E-state index in [2.05, 4.69) is 29.2 Å². The highest BCUT2D eigenvalue weighted by Gasteiger charge is 2.16. The topological polar surface area (TPSA) is 79.6 Å². The number of aromatic nitrogens is 2. The Morgan fingerprint density at radius 1 is 1.38 bits per heavy atom. The van der Waals surface area contributed by atoms with Gasteiger partial charge in [0.1, 0.15) is 0 Å². The molecule has 0 unspecified atom stereocenters. The summed E-state index contributed by atoms with van der Waals surface area (Å²) in [4.78, 5) is 14.2. The SMILES string of the molecule is CCN(CC)CCCNC(=O)Oc1cc(O)n(-c2c(C)cccc2Cl)n1. The third-order valence-corrected chi connectivity index (χ3v) is 4.39. The predicted octanol–water partition coefficient (Wildman–Crippen LogP) is 3.36. The molecule has 1 heterocycles. The van der Waals surface area contributed by atoms with Crippen LogP contribution in [0.2, 0.25) is 5.02 Å². The lowest BCUT2D eigenvalue weighted by Gasteiger charge is -2.17. The largest absolute Gasteiger partial charge is 0.493 e. The van der Waals surface area contributed by atoms with Crippen LogP contribution in [0.1, 0.15) is 25.8 Å². The van der Waals surface area contributed by atoms with Gasteiger partial charge < -0.3 is 20.1 Å². The van der Waals surface area contributed by atoms with Gasteiger partial charge >= 0.3 is 6.09 Å². The van der Waals surface area contributed by atoms with Gasteiger partial charge in [0.05, 0.1) is 16.8 Å². The van der Waals surface area contributed by atoms with Crippen LogP contribution in [-0.4, -0.2) is 52.1 Å². The summed E-state index contributed by atoms with van der Waals surface area (Å²) in [6.45, 7) is 9.45. The van der Waals surface area contributed by atoms with Crippen molar-refractivity contribution in [1.82, 2.24) is 20.0 Å². The van der Waals surface area contributed by atoms with Crippen molar-refractivity contribution in [3.05, 3.63) is 34.9 Å². The van der Waals surface area contributed by atoms with Crippen LogP contribution in [-0.2, 0) is 0 Å². The van der Waals surface area contributed by atoms with Crippen LogP contribution in [0.25, 0.3) is 5.69 Å². The van der Waals surface area contributed by atoms with Gasteiger partial charge in [-0.2, -0.15) is 4.68 Å². The smallest absolute Gasteiger partial charge is 0.413 e. The standard InChI is InChI=1S/C18H25ClN4O3/c1-4-22(5-2)11-7-10-20-18(25)26-15-12-16(24)23(21-15)17-13(3)8-6-9-14(17)19/h6,8-9,12,24H,4-5,7,10-11H2,1-3H3,(H,20,25). The van der Waals surface area contributed by atoms with Crippen molar-refractivity contribution in [1.29, 1.82) is 0 Å². The van der Waals surface area contributed by atoms with E-state index in [1.165, 1.54) is 10.7 Å². The van der Waals surface area contributed by atoms with Crippen LogP contribution < -0.4 is 10.1 Å². The molecule has 0 saturated heterocycles. The number of benzene rings is 1. The average molecular weight is 381 g/mol. The molecule has 8 heteroatoms. The first-order valence-electron chi connectivity index (χ1n) is 8.68. The Bertz CT molecular complexity index is 724. The minimum Gasteiger partial charge on any atom is -0.493 e. The van der Waals surface area contributed by atoms with E-state index in [9.17, 15) is 9.90 Å². The molecular weight excluding hydrogens is 356 g/mol. The number of carbonyl (C=O) groups is 1. The Morgan fingerprint density at radius 3 is 2.77 bits per heavy atom. The first-order chi connectivity index (χ1) is 12.5. The lowest BCUT2D eigenvalue weighted by molar-refractivity contribution is 0.197. The Labute approximate surface area is 158 Å². The molecular formula is C18H25ClN4O3. The summed E-state index contributed by atoms with van der Waals surface area (Å²) in [5.41, 5.74) is 1.38. The van der Waals surface area contributed by atoms with Gasteiger partial charge in [0, 0.05) is 6.54 Å². The average Bonchev–Trinajstić information content (AvgIpc) is 2.95. The molecule has 2 aromatic rings. The molecule has 7 nitrogen and oxygen atoms in total. The first kappa shape index (κ1) is 20.1. The minimum atomic E-state index is -0.606. The van der Waals surface area contributed by atoms with Crippen molar-refractivity contribution >= 4 is 17.7 Å². The molecule has 0 bridgehead atoms. The fourth-order valence-electron chi connectivity index (χ4n) is 2.62. The van der Waals surface area contributed by atoms with Crippen LogP contribution in [0.5, 0.6) is 11.8 Å². The molecule has 0 radical (unpaired) electrons. The van der Waals surface area contributed by atoms with Crippen LogP contribution >= 0.6 is 11.6 Å². The van der Waals surface area contributed by atoms with Gasteiger partial charge in [-0.15, -0.1) is 5.10 Å². The monoisotopic (exact) mass is 380 g/mol. The number of hydrogen-bond donors (Lipinski definition) is 2. The Hall–Kier alpha value is -2.25. The minimum absolute atomic E-state index is 0.00284. The van der Waals surface area contributed by atoms with Crippen molar-refractivity contribution < 1.29 is 14.6 Å². The van der Waals surface area contributed by atoms with Gasteiger partial charge in [-0.25, -0.2) is 4.79 Å². The van der Waals surface area contributed by atoms with Gasteiger partial charge in [0.2, 0.25) is 11.8 Å². The fourth-order valence-corrected chi connectivity index (χ4v) is 2.92. The molecule has 0 saturated carbocycles. The van der Waals surface area contributed by atoms with Crippen LogP contribution in [0.15, 0.2) is 24.3 Å². The van der Waals surface area contributed by atoms with Gasteiger partial charge in [-0.3, -0.25) is 0 Å². The molecule has 0 spiro atoms. The van der Waals surface area contributed by atoms with Crippen molar-refractivity contribution in [3.8, 4) is 17.4 Å². The number of para-hydroxylation sites is 1. The maximum absolute atomic E-state index is 11.9. The lowest BCUT2D eigenvalue weighted by Crippen LogP contribution is -2.31. The van der Waals surface area contributed by atoms with Crippen molar-refractivity contribution in [2.45, 2.75) is 27.2 Å². The van der Waals surface area contributed by atoms with E-state index in [4.69, 9.17) is 16.3 Å². The fraction of sp³-hybridized carbons (Fsp3) is 0.444. The molecule has 142 valence electrons. The molecule has 0 fully saturated rings. The number of nitrogens with zero attached hydrogens (tertiary/aromatic N) is 3. The molecule has 0 aliphatic heterocycles. The number of ether oxygens (including phenoxy) is 1. The number of rotatable bonds is 8. The number of aryl methyl sites for hydroxylation is 1. The molecule has 2 rings (SSSR count). The molecule has 0 aliphatic rings. The van der Waals surface area contributed by atoms with E-state index in [0.29, 0.717) is 17.3 Å². The van der Waals surface area contributed by atoms with Crippen molar-refractivity contribution in [2.75, 3.05) is 26.2 Å². The first-order valence-corrected chi connectivity index (χ1v) is 9.06. The number of nitrogens with one attached hydrogen (secondary N) is 1. The number of carbonyl (C=O) groups excluding carboxylic acids is 1.